The molecule has 1 aromatic carbocycles. The predicted octanol–water partition coefficient (Wildman–Crippen LogP) is 3.50. The van der Waals surface area contributed by atoms with E-state index in [2.05, 4.69) is 10.0 Å². The number of hydrogen-bond donors (Lipinski definition) is 2. The average molecular weight is 420 g/mol. The number of carbonyl (C=O) groups is 1. The van der Waals surface area contributed by atoms with Gasteiger partial charge in [0.1, 0.15) is 0 Å². The number of sulfonamides is 1. The zero-order valence-corrected chi connectivity index (χ0v) is 16.9. The molecule has 2 N–H and O–H groups in total. The van der Waals surface area contributed by atoms with Crippen LogP contribution in [0.4, 0.5) is 13.2 Å². The highest BCUT2D eigenvalue weighted by molar-refractivity contribution is 7.88. The van der Waals surface area contributed by atoms with Crippen molar-refractivity contribution in [1.29, 1.82) is 0 Å². The summed E-state index contributed by atoms with van der Waals surface area (Å²) in [6.07, 6.45) is -3.45. The first-order chi connectivity index (χ1) is 13.0. The van der Waals surface area contributed by atoms with Gasteiger partial charge in [-0.25, -0.2) is 13.1 Å². The fourth-order valence-corrected chi connectivity index (χ4v) is 4.87. The molecule has 1 amide bonds. The number of rotatable bonds is 7. The van der Waals surface area contributed by atoms with Gasteiger partial charge in [-0.15, -0.1) is 0 Å². The summed E-state index contributed by atoms with van der Waals surface area (Å²) in [6, 6.07) is 6.57. The lowest BCUT2D eigenvalue weighted by atomic mass is 9.80. The highest BCUT2D eigenvalue weighted by atomic mass is 32.2. The average Bonchev–Trinajstić information content (AvgIpc) is 2.58. The van der Waals surface area contributed by atoms with Crippen molar-refractivity contribution in [1.82, 2.24) is 10.0 Å². The molecule has 1 aliphatic rings. The van der Waals surface area contributed by atoms with Crippen molar-refractivity contribution in [2.75, 3.05) is 0 Å². The molecule has 1 aromatic rings. The van der Waals surface area contributed by atoms with Crippen molar-refractivity contribution in [2.24, 2.45) is 11.8 Å². The second kappa shape index (κ2) is 9.26. The molecule has 0 aliphatic heterocycles. The molecule has 1 saturated carbocycles. The lowest BCUT2D eigenvalue weighted by molar-refractivity contribution is -0.186. The van der Waals surface area contributed by atoms with Gasteiger partial charge in [0, 0.05) is 18.5 Å². The molecule has 0 radical (unpaired) electrons. The lowest BCUT2D eigenvalue weighted by Gasteiger charge is -2.29. The lowest BCUT2D eigenvalue weighted by Crippen LogP contribution is -2.37. The van der Waals surface area contributed by atoms with Gasteiger partial charge in [0.2, 0.25) is 15.9 Å². The molecule has 1 fully saturated rings. The molecule has 2 rings (SSSR count). The van der Waals surface area contributed by atoms with Gasteiger partial charge < -0.3 is 5.32 Å². The van der Waals surface area contributed by atoms with Gasteiger partial charge in [-0.05, 0) is 44.2 Å². The van der Waals surface area contributed by atoms with E-state index in [0.717, 1.165) is 5.56 Å². The highest BCUT2D eigenvalue weighted by Gasteiger charge is 2.43. The van der Waals surface area contributed by atoms with Crippen LogP contribution in [-0.2, 0) is 27.1 Å². The Kier molecular flexibility index (Phi) is 7.50. The van der Waals surface area contributed by atoms with Crippen LogP contribution in [-0.4, -0.2) is 26.5 Å². The summed E-state index contributed by atoms with van der Waals surface area (Å²) >= 11 is 0. The second-order valence-corrected chi connectivity index (χ2v) is 9.42. The fraction of sp³-hybridized carbons (Fsp3) is 0.632. The Balaban J connectivity index is 1.87. The summed E-state index contributed by atoms with van der Waals surface area (Å²) in [5, 5.41) is 2.70. The third kappa shape index (κ3) is 7.09. The van der Waals surface area contributed by atoms with E-state index < -0.39 is 28.0 Å². The SMILES string of the molecule is CC(C)NS(=O)(=O)Cc1ccc(CNC(=O)C2CCCC(C(F)(F)F)C2)cc1. The van der Waals surface area contributed by atoms with Crippen LogP contribution < -0.4 is 10.0 Å². The van der Waals surface area contributed by atoms with Gasteiger partial charge >= 0.3 is 6.18 Å². The van der Waals surface area contributed by atoms with Crippen molar-refractivity contribution in [3.63, 3.8) is 0 Å². The van der Waals surface area contributed by atoms with Gasteiger partial charge in [0.15, 0.2) is 0 Å². The van der Waals surface area contributed by atoms with Crippen molar-refractivity contribution in [3.8, 4) is 0 Å². The Morgan fingerprint density at radius 2 is 1.75 bits per heavy atom. The number of amides is 1. The van der Waals surface area contributed by atoms with E-state index in [1.165, 1.54) is 0 Å². The third-order valence-corrected chi connectivity index (χ3v) is 6.31. The van der Waals surface area contributed by atoms with E-state index in [4.69, 9.17) is 0 Å². The first kappa shape index (κ1) is 22.7. The van der Waals surface area contributed by atoms with Gasteiger partial charge in [0.25, 0.3) is 0 Å². The summed E-state index contributed by atoms with van der Waals surface area (Å²) in [5.41, 5.74) is 1.37. The molecule has 0 bridgehead atoms. The topological polar surface area (TPSA) is 75.3 Å². The standard InChI is InChI=1S/C19H27F3N2O3S/c1-13(2)24-28(26,27)12-15-8-6-14(7-9-15)11-23-18(25)16-4-3-5-17(10-16)19(20,21)22/h6-9,13,16-17,24H,3-5,10-12H2,1-2H3,(H,23,25). The van der Waals surface area contributed by atoms with E-state index in [0.29, 0.717) is 18.4 Å². The van der Waals surface area contributed by atoms with Crippen LogP contribution in [0.2, 0.25) is 0 Å². The zero-order chi connectivity index (χ0) is 20.9. The molecule has 0 aromatic heterocycles. The van der Waals surface area contributed by atoms with E-state index in [9.17, 15) is 26.4 Å². The van der Waals surface area contributed by atoms with Crippen LogP contribution in [0.25, 0.3) is 0 Å². The minimum atomic E-state index is -4.25. The van der Waals surface area contributed by atoms with Gasteiger partial charge in [-0.2, -0.15) is 13.2 Å². The minimum Gasteiger partial charge on any atom is -0.352 e. The van der Waals surface area contributed by atoms with Gasteiger partial charge in [-0.1, -0.05) is 30.7 Å². The highest BCUT2D eigenvalue weighted by Crippen LogP contribution is 2.39. The number of benzene rings is 1. The smallest absolute Gasteiger partial charge is 0.352 e. The summed E-state index contributed by atoms with van der Waals surface area (Å²) < 4.78 is 65.0. The Hall–Kier alpha value is -1.61. The third-order valence-electron chi connectivity index (χ3n) is 4.77. The molecular formula is C19H27F3N2O3S. The number of carbonyl (C=O) groups excluding carboxylic acids is 1. The molecule has 0 saturated heterocycles. The van der Waals surface area contributed by atoms with E-state index in [1.54, 1.807) is 38.1 Å². The first-order valence-electron chi connectivity index (χ1n) is 9.38. The zero-order valence-electron chi connectivity index (χ0n) is 16.1. The maximum absolute atomic E-state index is 12.9. The number of halogens is 3. The Morgan fingerprint density at radius 1 is 1.14 bits per heavy atom. The monoisotopic (exact) mass is 420 g/mol. The molecule has 2 atom stereocenters. The van der Waals surface area contributed by atoms with Crippen molar-refractivity contribution in [3.05, 3.63) is 35.4 Å². The summed E-state index contributed by atoms with van der Waals surface area (Å²) in [4.78, 5) is 12.2. The van der Waals surface area contributed by atoms with Crippen LogP contribution in [0.15, 0.2) is 24.3 Å². The quantitative estimate of drug-likeness (QED) is 0.709. The number of hydrogen-bond acceptors (Lipinski definition) is 3. The van der Waals surface area contributed by atoms with Crippen molar-refractivity contribution < 1.29 is 26.4 Å². The van der Waals surface area contributed by atoms with Gasteiger partial charge in [0.05, 0.1) is 11.7 Å². The summed E-state index contributed by atoms with van der Waals surface area (Å²) in [7, 11) is -3.42. The molecule has 5 nitrogen and oxygen atoms in total. The van der Waals surface area contributed by atoms with E-state index in [1.807, 2.05) is 0 Å². The van der Waals surface area contributed by atoms with Crippen LogP contribution in [0.1, 0.15) is 50.7 Å². The van der Waals surface area contributed by atoms with Crippen LogP contribution in [0.3, 0.4) is 0 Å². The van der Waals surface area contributed by atoms with Crippen LogP contribution >= 0.6 is 0 Å². The fourth-order valence-electron chi connectivity index (χ4n) is 3.43. The number of alkyl halides is 3. The van der Waals surface area contributed by atoms with E-state index >= 15 is 0 Å². The molecular weight excluding hydrogens is 393 g/mol. The number of nitrogens with one attached hydrogen (secondary N) is 2. The Morgan fingerprint density at radius 3 is 2.32 bits per heavy atom. The van der Waals surface area contributed by atoms with Crippen molar-refractivity contribution >= 4 is 15.9 Å². The molecule has 0 heterocycles. The van der Waals surface area contributed by atoms with Gasteiger partial charge in [-0.3, -0.25) is 4.79 Å². The largest absolute Gasteiger partial charge is 0.391 e. The molecule has 28 heavy (non-hydrogen) atoms. The maximum atomic E-state index is 12.9. The van der Waals surface area contributed by atoms with E-state index in [-0.39, 0.29) is 37.1 Å². The predicted molar refractivity (Wildman–Crippen MR) is 101 cm³/mol. The van der Waals surface area contributed by atoms with Crippen molar-refractivity contribution in [2.45, 2.75) is 64.0 Å². The summed E-state index contributed by atoms with van der Waals surface area (Å²) in [6.45, 7) is 3.68. The Labute approximate surface area is 164 Å². The normalized spacial score (nSPS) is 20.9. The summed E-state index contributed by atoms with van der Waals surface area (Å²) in [5.74, 6) is -2.52. The molecule has 9 heteroatoms. The van der Waals surface area contributed by atoms with Crippen LogP contribution in [0, 0.1) is 11.8 Å². The Bertz CT molecular complexity index is 762. The molecule has 1 aliphatic carbocycles. The molecule has 158 valence electrons. The van der Waals surface area contributed by atoms with Crippen LogP contribution in [0.5, 0.6) is 0 Å². The first-order valence-corrected chi connectivity index (χ1v) is 11.0. The molecule has 0 spiro atoms. The second-order valence-electron chi connectivity index (χ2n) is 7.67. The minimum absolute atomic E-state index is 0.0866. The maximum Gasteiger partial charge on any atom is 0.391 e. The molecule has 2 unspecified atom stereocenters.